The molecule has 2 saturated heterocycles. The molecular weight excluding hydrogens is 861 g/mol. The van der Waals surface area contributed by atoms with Crippen molar-refractivity contribution in [3.8, 4) is 23.1 Å². The summed E-state index contributed by atoms with van der Waals surface area (Å²) in [6.45, 7) is 10.2. The van der Waals surface area contributed by atoms with E-state index in [2.05, 4.69) is 37.4 Å². The average Bonchev–Trinajstić information content (AvgIpc) is 4.00. The third kappa shape index (κ3) is 12.1. The summed E-state index contributed by atoms with van der Waals surface area (Å²) in [5.74, 6) is 7.39. The quantitative estimate of drug-likeness (QED) is 0.140. The second kappa shape index (κ2) is 23.8. The van der Waals surface area contributed by atoms with Gasteiger partial charge in [0, 0.05) is 23.7 Å². The van der Waals surface area contributed by atoms with Crippen LogP contribution in [0.2, 0.25) is 0 Å². The number of methoxy groups -OCH3 is 2. The minimum absolute atomic E-state index is 0. The smallest absolute Gasteiger partial charge is 0.407 e. The molecule has 4 aromatic rings. The van der Waals surface area contributed by atoms with Gasteiger partial charge in [-0.3, -0.25) is 9.59 Å². The van der Waals surface area contributed by atoms with Crippen molar-refractivity contribution in [2.24, 2.45) is 11.8 Å². The number of carbonyl (C=O) groups excluding carboxylic acids is 4. The van der Waals surface area contributed by atoms with E-state index in [4.69, 9.17) is 14.5 Å². The highest BCUT2D eigenvalue weighted by Gasteiger charge is 2.41. The SMILES string of the molecule is COC(=O)N[C@H](C(=O)N1CCC[C@H]1c1ncc(-c2ccc(C#Cc3ccc4nc([C@@H]5CC[C@H](C)N5C(=O)[C@@H](NC(=O)OC)C(C)C)[nH]c4c3)cc2)[nH]1)C(C)C.S.S.S.S.S. The highest BCUT2D eigenvalue weighted by molar-refractivity contribution is 7.60. The lowest BCUT2D eigenvalue weighted by molar-refractivity contribution is -0.137. The first-order valence-electron chi connectivity index (χ1n) is 18.9. The average molecular weight is 921 g/mol. The number of aromatic amines is 2. The van der Waals surface area contributed by atoms with Gasteiger partial charge in [-0.25, -0.2) is 19.6 Å². The number of nitrogens with one attached hydrogen (secondary N) is 4. The van der Waals surface area contributed by atoms with Crippen molar-refractivity contribution in [3.63, 3.8) is 0 Å². The van der Waals surface area contributed by atoms with E-state index in [-0.39, 0.29) is 109 Å². The van der Waals surface area contributed by atoms with Crippen LogP contribution in [0.3, 0.4) is 0 Å². The van der Waals surface area contributed by atoms with Crippen LogP contribution in [0.4, 0.5) is 9.59 Å². The Kier molecular flexibility index (Phi) is 21.4. The van der Waals surface area contributed by atoms with E-state index in [0.717, 1.165) is 59.1 Å². The Bertz CT molecular complexity index is 2120. The monoisotopic (exact) mass is 920 g/mol. The molecule has 2 aliphatic heterocycles. The van der Waals surface area contributed by atoms with Gasteiger partial charge in [0.05, 0.1) is 49.2 Å². The lowest BCUT2D eigenvalue weighted by Crippen LogP contribution is -2.52. The second-order valence-electron chi connectivity index (χ2n) is 15.0. The highest BCUT2D eigenvalue weighted by atomic mass is 32.1. The predicted octanol–water partition coefficient (Wildman–Crippen LogP) is 6.39. The van der Waals surface area contributed by atoms with Gasteiger partial charge in [0.2, 0.25) is 11.8 Å². The summed E-state index contributed by atoms with van der Waals surface area (Å²) in [4.78, 5) is 71.2. The van der Waals surface area contributed by atoms with Crippen molar-refractivity contribution in [1.29, 1.82) is 0 Å². The largest absolute Gasteiger partial charge is 0.453 e. The Labute approximate surface area is 387 Å². The summed E-state index contributed by atoms with van der Waals surface area (Å²) in [6, 6.07) is 11.8. The van der Waals surface area contributed by atoms with E-state index < -0.39 is 24.3 Å². The van der Waals surface area contributed by atoms with Crippen molar-refractivity contribution in [3.05, 3.63) is 71.4 Å². The number of hydrogen-bond donors (Lipinski definition) is 4. The van der Waals surface area contributed by atoms with E-state index in [0.29, 0.717) is 18.2 Å². The molecule has 19 heteroatoms. The van der Waals surface area contributed by atoms with Gasteiger partial charge in [0.25, 0.3) is 0 Å². The minimum atomic E-state index is -0.713. The number of nitrogens with zero attached hydrogens (tertiary/aromatic N) is 4. The Morgan fingerprint density at radius 2 is 1.33 bits per heavy atom. The molecule has 4 amide bonds. The fraction of sp³-hybridized carbons (Fsp3) is 0.463. The van der Waals surface area contributed by atoms with Crippen LogP contribution in [-0.2, 0) is 19.1 Å². The molecule has 0 radical (unpaired) electrons. The van der Waals surface area contributed by atoms with Gasteiger partial charge in [-0.1, -0.05) is 51.7 Å². The standard InChI is InChI=1S/C41H50N8O6.5H2S/c1-23(2)34(46-40(52)54-6)38(50)48-20-8-9-32(48)36-42-22-31(45-36)28-16-13-26(14-17-28)11-12-27-15-18-29-30(21-27)44-37(43-29)33-19-10-25(5)49(33)39(51)35(24(3)4)47-41(53)55-7;;;;;/h13-18,21-25,32-35H,8-10,19-20H2,1-7H3,(H,42,45)(H,43,44)(H,46,52)(H,47,53);5*1H2/t25-,32-,33-,34-,35-;;;;;/m0...../s1. The molecule has 0 spiro atoms. The molecule has 2 aromatic heterocycles. The van der Waals surface area contributed by atoms with Crippen LogP contribution in [0.5, 0.6) is 0 Å². The topological polar surface area (TPSA) is 175 Å². The summed E-state index contributed by atoms with van der Waals surface area (Å²) in [5, 5.41) is 5.39. The number of hydrogen-bond acceptors (Lipinski definition) is 8. The lowest BCUT2D eigenvalue weighted by atomic mass is 10.0. The zero-order valence-electron chi connectivity index (χ0n) is 34.9. The number of carbonyl (C=O) groups is 4. The van der Waals surface area contributed by atoms with Gasteiger partial charge in [-0.05, 0) is 80.3 Å². The Hall–Kier alpha value is -4.09. The molecule has 0 unspecified atom stereocenters. The third-order valence-electron chi connectivity index (χ3n) is 10.5. The fourth-order valence-corrected chi connectivity index (χ4v) is 7.47. The first-order valence-corrected chi connectivity index (χ1v) is 18.9. The predicted molar refractivity (Wildman–Crippen MR) is 258 cm³/mol. The summed E-state index contributed by atoms with van der Waals surface area (Å²) >= 11 is 0. The highest BCUT2D eigenvalue weighted by Crippen LogP contribution is 2.37. The summed E-state index contributed by atoms with van der Waals surface area (Å²) < 4.78 is 9.52. The Balaban J connectivity index is 0.00000360. The van der Waals surface area contributed by atoms with E-state index >= 15 is 0 Å². The van der Waals surface area contributed by atoms with Crippen LogP contribution < -0.4 is 10.6 Å². The normalized spacial score (nSPS) is 17.6. The number of fused-ring (bicyclic) bond motifs is 1. The van der Waals surface area contributed by atoms with Crippen molar-refractivity contribution in [2.75, 3.05) is 20.8 Å². The first-order chi connectivity index (χ1) is 26.4. The number of likely N-dealkylation sites (tertiary alicyclic amines) is 2. The molecule has 6 rings (SSSR count). The van der Waals surface area contributed by atoms with Crippen molar-refractivity contribution < 1.29 is 28.7 Å². The third-order valence-corrected chi connectivity index (χ3v) is 10.5. The van der Waals surface area contributed by atoms with Gasteiger partial charge in [-0.15, -0.1) is 0 Å². The van der Waals surface area contributed by atoms with Gasteiger partial charge < -0.3 is 39.9 Å². The molecular formula is C41H60N8O6S5. The van der Waals surface area contributed by atoms with Crippen LogP contribution in [-0.4, -0.2) is 92.6 Å². The molecule has 5 atom stereocenters. The lowest BCUT2D eigenvalue weighted by Gasteiger charge is -2.32. The van der Waals surface area contributed by atoms with Crippen molar-refractivity contribution >= 4 is 103 Å². The molecule has 2 aliphatic rings. The number of alkyl carbamates (subject to hydrolysis) is 2. The Morgan fingerprint density at radius 3 is 1.93 bits per heavy atom. The zero-order chi connectivity index (χ0) is 39.4. The molecule has 0 saturated carbocycles. The van der Waals surface area contributed by atoms with Crippen molar-refractivity contribution in [1.82, 2.24) is 40.4 Å². The molecule has 14 nitrogen and oxygen atoms in total. The number of H-pyrrole nitrogens is 2. The maximum absolute atomic E-state index is 13.8. The van der Waals surface area contributed by atoms with E-state index in [1.165, 1.54) is 14.2 Å². The number of amides is 4. The molecule has 0 bridgehead atoms. The van der Waals surface area contributed by atoms with Gasteiger partial charge in [-0.2, -0.15) is 67.5 Å². The Morgan fingerprint density at radius 1 is 0.750 bits per heavy atom. The van der Waals surface area contributed by atoms with Crippen LogP contribution in [0, 0.1) is 23.7 Å². The molecule has 330 valence electrons. The molecule has 2 aromatic carbocycles. The molecule has 4 heterocycles. The number of imidazole rings is 2. The second-order valence-corrected chi connectivity index (χ2v) is 15.0. The fourth-order valence-electron chi connectivity index (χ4n) is 7.47. The van der Waals surface area contributed by atoms with Gasteiger partial charge in [0.15, 0.2) is 0 Å². The number of benzene rings is 2. The minimum Gasteiger partial charge on any atom is -0.453 e. The number of rotatable bonds is 9. The summed E-state index contributed by atoms with van der Waals surface area (Å²) in [5.41, 5.74) is 5.04. The molecule has 2 fully saturated rings. The van der Waals surface area contributed by atoms with E-state index in [9.17, 15) is 19.2 Å². The summed E-state index contributed by atoms with van der Waals surface area (Å²) in [7, 11) is 2.57. The van der Waals surface area contributed by atoms with Crippen LogP contribution in [0.1, 0.15) is 95.2 Å². The maximum atomic E-state index is 13.8. The van der Waals surface area contributed by atoms with E-state index in [1.807, 2.05) is 82.0 Å². The first kappa shape index (κ1) is 53.9. The maximum Gasteiger partial charge on any atom is 0.407 e. The van der Waals surface area contributed by atoms with Crippen LogP contribution in [0.15, 0.2) is 48.7 Å². The van der Waals surface area contributed by atoms with Crippen LogP contribution >= 0.6 is 67.5 Å². The molecule has 4 N–H and O–H groups in total. The van der Waals surface area contributed by atoms with E-state index in [1.54, 1.807) is 11.1 Å². The van der Waals surface area contributed by atoms with Gasteiger partial charge >= 0.3 is 12.2 Å². The summed E-state index contributed by atoms with van der Waals surface area (Å²) in [6.07, 6.45) is 3.71. The van der Waals surface area contributed by atoms with Gasteiger partial charge in [0.1, 0.15) is 23.7 Å². The number of ether oxygens (including phenoxy) is 2. The number of aromatic nitrogens is 4. The van der Waals surface area contributed by atoms with Crippen LogP contribution in [0.25, 0.3) is 22.3 Å². The molecule has 0 aliphatic carbocycles. The van der Waals surface area contributed by atoms with Crippen molar-refractivity contribution in [2.45, 2.75) is 90.5 Å². The zero-order valence-corrected chi connectivity index (χ0v) is 39.9. The molecule has 60 heavy (non-hydrogen) atoms.